The number of ether oxygens (including phenoxy) is 1. The zero-order valence-corrected chi connectivity index (χ0v) is 10.9. The van der Waals surface area contributed by atoms with E-state index in [4.69, 9.17) is 10.5 Å². The fourth-order valence-corrected chi connectivity index (χ4v) is 3.02. The Labute approximate surface area is 103 Å². The minimum atomic E-state index is -0.330. The first-order valence-corrected chi connectivity index (χ1v) is 6.65. The first-order valence-electron chi connectivity index (χ1n) is 6.65. The van der Waals surface area contributed by atoms with Crippen molar-refractivity contribution in [1.82, 2.24) is 4.90 Å². The van der Waals surface area contributed by atoms with Crippen LogP contribution in [0.15, 0.2) is 0 Å². The Balaban J connectivity index is 2.02. The van der Waals surface area contributed by atoms with Crippen LogP contribution in [0.5, 0.6) is 0 Å². The molecule has 2 fully saturated rings. The molecule has 1 amide bonds. The van der Waals surface area contributed by atoms with E-state index < -0.39 is 0 Å². The summed E-state index contributed by atoms with van der Waals surface area (Å²) in [5.41, 5.74) is 5.95. The molecular formula is C13H24N2O2. The summed E-state index contributed by atoms with van der Waals surface area (Å²) < 4.78 is 5.34. The van der Waals surface area contributed by atoms with Gasteiger partial charge in [0.05, 0.1) is 18.6 Å². The number of hydrogen-bond acceptors (Lipinski definition) is 3. The van der Waals surface area contributed by atoms with Crippen LogP contribution in [-0.4, -0.2) is 42.6 Å². The molecule has 0 bridgehead atoms. The standard InChI is InChI=1S/C13H24N2O2/c1-13(14)7-4-3-5-11(13)12(16)15(2)10-6-8-17-9-10/h10-11H,3-9,14H2,1-2H3. The zero-order chi connectivity index (χ0) is 12.5. The van der Waals surface area contributed by atoms with E-state index in [9.17, 15) is 4.79 Å². The van der Waals surface area contributed by atoms with E-state index in [1.165, 1.54) is 0 Å². The largest absolute Gasteiger partial charge is 0.379 e. The minimum Gasteiger partial charge on any atom is -0.379 e. The van der Waals surface area contributed by atoms with Gasteiger partial charge in [0.2, 0.25) is 5.91 Å². The summed E-state index contributed by atoms with van der Waals surface area (Å²) in [6.45, 7) is 3.47. The monoisotopic (exact) mass is 240 g/mol. The lowest BCUT2D eigenvalue weighted by molar-refractivity contribution is -0.139. The molecule has 1 aliphatic heterocycles. The first kappa shape index (κ1) is 12.8. The first-order chi connectivity index (χ1) is 8.02. The van der Waals surface area contributed by atoms with Crippen molar-refractivity contribution in [3.8, 4) is 0 Å². The van der Waals surface area contributed by atoms with Crippen LogP contribution in [0.4, 0.5) is 0 Å². The molecule has 2 aliphatic rings. The summed E-state index contributed by atoms with van der Waals surface area (Å²) in [5.74, 6) is 0.201. The molecule has 1 saturated heterocycles. The number of rotatable bonds is 2. The third-order valence-electron chi connectivity index (χ3n) is 4.35. The fraction of sp³-hybridized carbons (Fsp3) is 0.923. The number of nitrogens with two attached hydrogens (primary N) is 1. The maximum atomic E-state index is 12.5. The molecule has 1 aliphatic carbocycles. The Morgan fingerprint density at radius 3 is 2.76 bits per heavy atom. The maximum Gasteiger partial charge on any atom is 0.227 e. The molecular weight excluding hydrogens is 216 g/mol. The van der Waals surface area contributed by atoms with Crippen molar-refractivity contribution >= 4 is 5.91 Å². The van der Waals surface area contributed by atoms with Crippen LogP contribution in [0.2, 0.25) is 0 Å². The van der Waals surface area contributed by atoms with E-state index in [0.29, 0.717) is 6.61 Å². The smallest absolute Gasteiger partial charge is 0.227 e. The third kappa shape index (κ3) is 2.63. The Morgan fingerprint density at radius 2 is 2.18 bits per heavy atom. The molecule has 3 unspecified atom stereocenters. The molecule has 17 heavy (non-hydrogen) atoms. The predicted octanol–water partition coefficient (Wildman–Crippen LogP) is 1.14. The molecule has 3 atom stereocenters. The SMILES string of the molecule is CN(C(=O)C1CCCCC1(C)N)C1CCOC1. The molecule has 1 heterocycles. The van der Waals surface area contributed by atoms with Crippen molar-refractivity contribution < 1.29 is 9.53 Å². The van der Waals surface area contributed by atoms with Gasteiger partial charge in [0.25, 0.3) is 0 Å². The third-order valence-corrected chi connectivity index (χ3v) is 4.35. The van der Waals surface area contributed by atoms with Gasteiger partial charge < -0.3 is 15.4 Å². The van der Waals surface area contributed by atoms with Crippen molar-refractivity contribution in [3.63, 3.8) is 0 Å². The molecule has 1 saturated carbocycles. The highest BCUT2D eigenvalue weighted by Crippen LogP contribution is 2.33. The van der Waals surface area contributed by atoms with Crippen LogP contribution in [0.3, 0.4) is 0 Å². The lowest BCUT2D eigenvalue weighted by Gasteiger charge is -2.40. The average Bonchev–Trinajstić information content (AvgIpc) is 2.80. The van der Waals surface area contributed by atoms with Gasteiger partial charge in [-0.25, -0.2) is 0 Å². The molecule has 0 aromatic rings. The van der Waals surface area contributed by atoms with Crippen LogP contribution in [0, 0.1) is 5.92 Å². The molecule has 2 rings (SSSR count). The summed E-state index contributed by atoms with van der Waals surface area (Å²) in [7, 11) is 1.90. The van der Waals surface area contributed by atoms with Crippen molar-refractivity contribution in [2.75, 3.05) is 20.3 Å². The Morgan fingerprint density at radius 1 is 1.41 bits per heavy atom. The van der Waals surface area contributed by atoms with Crippen LogP contribution in [0.1, 0.15) is 39.0 Å². The number of amides is 1. The van der Waals surface area contributed by atoms with Gasteiger partial charge in [0.15, 0.2) is 0 Å². The molecule has 0 radical (unpaired) electrons. The second-order valence-electron chi connectivity index (χ2n) is 5.77. The average molecular weight is 240 g/mol. The van der Waals surface area contributed by atoms with Gasteiger partial charge in [0, 0.05) is 19.2 Å². The fourth-order valence-electron chi connectivity index (χ4n) is 3.02. The Bertz CT molecular complexity index is 285. The van der Waals surface area contributed by atoms with Crippen LogP contribution in [-0.2, 0) is 9.53 Å². The van der Waals surface area contributed by atoms with Crippen LogP contribution >= 0.6 is 0 Å². The molecule has 98 valence electrons. The number of carbonyl (C=O) groups is 1. The van der Waals surface area contributed by atoms with Crippen molar-refractivity contribution in [1.29, 1.82) is 0 Å². The second-order valence-corrected chi connectivity index (χ2v) is 5.77. The van der Waals surface area contributed by atoms with Gasteiger partial charge in [-0.1, -0.05) is 12.8 Å². The Hall–Kier alpha value is -0.610. The topological polar surface area (TPSA) is 55.6 Å². The van der Waals surface area contributed by atoms with E-state index in [1.807, 2.05) is 18.9 Å². The van der Waals surface area contributed by atoms with Crippen molar-refractivity contribution in [3.05, 3.63) is 0 Å². The number of likely N-dealkylation sites (N-methyl/N-ethyl adjacent to an activating group) is 1. The number of hydrogen-bond donors (Lipinski definition) is 1. The minimum absolute atomic E-state index is 0.0122. The summed E-state index contributed by atoms with van der Waals surface area (Å²) in [5, 5.41) is 0. The normalized spacial score (nSPS) is 38.1. The summed E-state index contributed by atoms with van der Waals surface area (Å²) >= 11 is 0. The number of carbonyl (C=O) groups excluding carboxylic acids is 1. The van der Waals surface area contributed by atoms with Crippen molar-refractivity contribution in [2.45, 2.75) is 50.6 Å². The molecule has 4 nitrogen and oxygen atoms in total. The number of nitrogens with zero attached hydrogens (tertiary/aromatic N) is 1. The molecule has 0 aromatic heterocycles. The summed E-state index contributed by atoms with van der Waals surface area (Å²) in [6, 6.07) is 0.250. The second kappa shape index (κ2) is 4.94. The molecule has 4 heteroatoms. The molecule has 0 aromatic carbocycles. The van der Waals surface area contributed by atoms with Gasteiger partial charge in [-0.05, 0) is 26.2 Å². The van der Waals surface area contributed by atoms with Crippen molar-refractivity contribution in [2.24, 2.45) is 11.7 Å². The van der Waals surface area contributed by atoms with Crippen LogP contribution < -0.4 is 5.73 Å². The lowest BCUT2D eigenvalue weighted by atomic mass is 9.74. The van der Waals surface area contributed by atoms with Gasteiger partial charge in [-0.3, -0.25) is 4.79 Å². The Kier molecular flexibility index (Phi) is 3.73. The van der Waals surface area contributed by atoms with Gasteiger partial charge >= 0.3 is 0 Å². The highest BCUT2D eigenvalue weighted by atomic mass is 16.5. The van der Waals surface area contributed by atoms with Gasteiger partial charge in [-0.15, -0.1) is 0 Å². The molecule has 2 N–H and O–H groups in total. The quantitative estimate of drug-likeness (QED) is 0.787. The van der Waals surface area contributed by atoms with Gasteiger partial charge in [0.1, 0.15) is 0 Å². The predicted molar refractivity (Wildman–Crippen MR) is 66.5 cm³/mol. The van der Waals surface area contributed by atoms with E-state index >= 15 is 0 Å². The maximum absolute atomic E-state index is 12.5. The van der Waals surface area contributed by atoms with Crippen LogP contribution in [0.25, 0.3) is 0 Å². The van der Waals surface area contributed by atoms with E-state index in [1.54, 1.807) is 0 Å². The summed E-state index contributed by atoms with van der Waals surface area (Å²) in [4.78, 5) is 14.4. The van der Waals surface area contributed by atoms with Gasteiger partial charge in [-0.2, -0.15) is 0 Å². The molecule has 0 spiro atoms. The summed E-state index contributed by atoms with van der Waals surface area (Å²) in [6.07, 6.45) is 5.11. The lowest BCUT2D eigenvalue weighted by Crippen LogP contribution is -2.54. The highest BCUT2D eigenvalue weighted by molar-refractivity contribution is 5.80. The van der Waals surface area contributed by atoms with E-state index in [0.717, 1.165) is 38.7 Å². The van der Waals surface area contributed by atoms with E-state index in [2.05, 4.69) is 0 Å². The highest BCUT2D eigenvalue weighted by Gasteiger charge is 2.40. The van der Waals surface area contributed by atoms with E-state index in [-0.39, 0.29) is 23.4 Å². The zero-order valence-electron chi connectivity index (χ0n) is 10.9.